The van der Waals surface area contributed by atoms with Gasteiger partial charge in [0.05, 0.1) is 17.3 Å². The second-order valence-corrected chi connectivity index (χ2v) is 6.68. The molecule has 1 saturated heterocycles. The van der Waals surface area contributed by atoms with Gasteiger partial charge in [-0.3, -0.25) is 14.5 Å². The number of oxazole rings is 1. The molecule has 6 heteroatoms. The van der Waals surface area contributed by atoms with Gasteiger partial charge in [-0.1, -0.05) is 18.2 Å². The lowest BCUT2D eigenvalue weighted by Gasteiger charge is -2.25. The molecule has 2 aromatic heterocycles. The Kier molecular flexibility index (Phi) is 5.13. The van der Waals surface area contributed by atoms with E-state index in [1.165, 1.54) is 0 Å². The Morgan fingerprint density at radius 2 is 2.08 bits per heavy atom. The summed E-state index contributed by atoms with van der Waals surface area (Å²) < 4.78 is 12.8. The van der Waals surface area contributed by atoms with Crippen LogP contribution in [-0.4, -0.2) is 40.3 Å². The Morgan fingerprint density at radius 3 is 2.88 bits per heavy atom. The third-order valence-electron chi connectivity index (χ3n) is 4.81. The number of fused-ring (bicyclic) bond motifs is 1. The van der Waals surface area contributed by atoms with Gasteiger partial charge < -0.3 is 9.15 Å². The first-order valence-electron chi connectivity index (χ1n) is 9.12. The molecule has 1 aliphatic heterocycles. The minimum atomic E-state index is -0.305. The third-order valence-corrected chi connectivity index (χ3v) is 4.81. The quantitative estimate of drug-likeness (QED) is 0.653. The largest absolute Gasteiger partial charge is 0.419 e. The smallest absolute Gasteiger partial charge is 0.408 e. The maximum Gasteiger partial charge on any atom is 0.419 e. The molecule has 3 aromatic rings. The molecule has 26 heavy (non-hydrogen) atoms. The molecule has 3 heterocycles. The zero-order valence-corrected chi connectivity index (χ0v) is 14.7. The number of aromatic nitrogens is 2. The van der Waals surface area contributed by atoms with Crippen LogP contribution in [0, 0.1) is 0 Å². The molecule has 1 aliphatic rings. The molecule has 136 valence electrons. The SMILES string of the molecule is O=c1oc2ccccc2n1CCN(Cc1ccccn1)C[C@H]1CCCO1. The first kappa shape index (κ1) is 17.0. The fraction of sp³-hybridized carbons (Fsp3) is 0.400. The number of hydrogen-bond donors (Lipinski definition) is 0. The fourth-order valence-corrected chi connectivity index (χ4v) is 3.50. The van der Waals surface area contributed by atoms with E-state index in [0.29, 0.717) is 12.1 Å². The minimum Gasteiger partial charge on any atom is -0.408 e. The molecule has 0 saturated carbocycles. The van der Waals surface area contributed by atoms with Crippen LogP contribution in [0.5, 0.6) is 0 Å². The number of para-hydroxylation sites is 2. The second kappa shape index (κ2) is 7.85. The highest BCUT2D eigenvalue weighted by molar-refractivity contribution is 5.72. The van der Waals surface area contributed by atoms with Crippen molar-refractivity contribution in [3.8, 4) is 0 Å². The number of ether oxygens (including phenoxy) is 1. The van der Waals surface area contributed by atoms with Crippen molar-refractivity contribution in [3.05, 3.63) is 64.9 Å². The zero-order valence-electron chi connectivity index (χ0n) is 14.7. The third kappa shape index (κ3) is 3.86. The average Bonchev–Trinajstić information content (AvgIpc) is 3.27. The molecule has 0 N–H and O–H groups in total. The van der Waals surface area contributed by atoms with E-state index in [2.05, 4.69) is 9.88 Å². The fourth-order valence-electron chi connectivity index (χ4n) is 3.50. The van der Waals surface area contributed by atoms with Gasteiger partial charge in [-0.05, 0) is 37.1 Å². The number of hydrogen-bond acceptors (Lipinski definition) is 5. The summed E-state index contributed by atoms with van der Waals surface area (Å²) in [5.74, 6) is -0.305. The van der Waals surface area contributed by atoms with Gasteiger partial charge in [0.1, 0.15) is 0 Å². The predicted molar refractivity (Wildman–Crippen MR) is 99.0 cm³/mol. The molecule has 0 radical (unpaired) electrons. The van der Waals surface area contributed by atoms with Gasteiger partial charge in [0, 0.05) is 39.0 Å². The van der Waals surface area contributed by atoms with E-state index in [0.717, 1.165) is 50.3 Å². The van der Waals surface area contributed by atoms with E-state index >= 15 is 0 Å². The van der Waals surface area contributed by atoms with E-state index in [1.807, 2.05) is 48.7 Å². The van der Waals surface area contributed by atoms with Crippen molar-refractivity contribution >= 4 is 11.1 Å². The normalized spacial score (nSPS) is 17.3. The Balaban J connectivity index is 1.49. The number of nitrogens with zero attached hydrogens (tertiary/aromatic N) is 3. The molecule has 1 fully saturated rings. The lowest BCUT2D eigenvalue weighted by molar-refractivity contribution is 0.0688. The number of pyridine rings is 1. The number of benzene rings is 1. The molecule has 0 amide bonds. The molecular weight excluding hydrogens is 330 g/mol. The Hall–Kier alpha value is -2.44. The van der Waals surface area contributed by atoms with Gasteiger partial charge in [0.2, 0.25) is 0 Å². The van der Waals surface area contributed by atoms with Crippen molar-refractivity contribution in [2.75, 3.05) is 19.7 Å². The Labute approximate surface area is 152 Å². The van der Waals surface area contributed by atoms with Crippen LogP contribution in [0.25, 0.3) is 11.1 Å². The first-order valence-corrected chi connectivity index (χ1v) is 9.12. The maximum atomic E-state index is 12.2. The average molecular weight is 353 g/mol. The van der Waals surface area contributed by atoms with Gasteiger partial charge in [-0.2, -0.15) is 0 Å². The van der Waals surface area contributed by atoms with Crippen LogP contribution in [0.1, 0.15) is 18.5 Å². The second-order valence-electron chi connectivity index (χ2n) is 6.68. The summed E-state index contributed by atoms with van der Waals surface area (Å²) in [4.78, 5) is 18.9. The van der Waals surface area contributed by atoms with Gasteiger partial charge in [0.15, 0.2) is 5.58 Å². The summed E-state index contributed by atoms with van der Waals surface area (Å²) >= 11 is 0. The highest BCUT2D eigenvalue weighted by Gasteiger charge is 2.20. The summed E-state index contributed by atoms with van der Waals surface area (Å²) in [6.07, 6.45) is 4.28. The van der Waals surface area contributed by atoms with Crippen LogP contribution in [0.2, 0.25) is 0 Å². The molecule has 0 unspecified atom stereocenters. The topological polar surface area (TPSA) is 60.5 Å². The molecule has 0 aliphatic carbocycles. The highest BCUT2D eigenvalue weighted by atomic mass is 16.5. The van der Waals surface area contributed by atoms with Gasteiger partial charge in [0.25, 0.3) is 0 Å². The molecule has 1 atom stereocenters. The molecule has 0 bridgehead atoms. The van der Waals surface area contributed by atoms with Crippen molar-refractivity contribution < 1.29 is 9.15 Å². The number of rotatable bonds is 7. The summed E-state index contributed by atoms with van der Waals surface area (Å²) in [7, 11) is 0. The van der Waals surface area contributed by atoms with Crippen molar-refractivity contribution in [2.45, 2.75) is 32.0 Å². The van der Waals surface area contributed by atoms with E-state index < -0.39 is 0 Å². The zero-order chi connectivity index (χ0) is 17.8. The monoisotopic (exact) mass is 353 g/mol. The van der Waals surface area contributed by atoms with E-state index in [1.54, 1.807) is 4.57 Å². The Morgan fingerprint density at radius 1 is 1.19 bits per heavy atom. The lowest BCUT2D eigenvalue weighted by Crippen LogP contribution is -2.35. The van der Waals surface area contributed by atoms with Crippen molar-refractivity contribution in [1.82, 2.24) is 14.5 Å². The lowest BCUT2D eigenvalue weighted by atomic mass is 10.2. The van der Waals surface area contributed by atoms with Crippen molar-refractivity contribution in [1.29, 1.82) is 0 Å². The summed E-state index contributed by atoms with van der Waals surface area (Å²) in [6, 6.07) is 13.5. The van der Waals surface area contributed by atoms with Crippen LogP contribution in [0.15, 0.2) is 57.9 Å². The van der Waals surface area contributed by atoms with Crippen molar-refractivity contribution in [2.24, 2.45) is 0 Å². The Bertz CT molecular complexity index is 897. The first-order chi connectivity index (χ1) is 12.8. The summed E-state index contributed by atoms with van der Waals surface area (Å²) in [5.41, 5.74) is 2.50. The van der Waals surface area contributed by atoms with E-state index in [9.17, 15) is 4.79 Å². The van der Waals surface area contributed by atoms with Crippen LogP contribution < -0.4 is 5.76 Å². The van der Waals surface area contributed by atoms with Gasteiger partial charge in [-0.15, -0.1) is 0 Å². The summed E-state index contributed by atoms with van der Waals surface area (Å²) in [5, 5.41) is 0. The van der Waals surface area contributed by atoms with E-state index in [4.69, 9.17) is 9.15 Å². The molecule has 6 nitrogen and oxygen atoms in total. The van der Waals surface area contributed by atoms with Crippen LogP contribution in [0.4, 0.5) is 0 Å². The minimum absolute atomic E-state index is 0.261. The molecule has 4 rings (SSSR count). The van der Waals surface area contributed by atoms with Crippen LogP contribution >= 0.6 is 0 Å². The standard InChI is InChI=1S/C20H23N3O3/c24-20-23(18-8-1-2-9-19(18)26-20)12-11-22(15-17-7-5-13-25-17)14-16-6-3-4-10-21-16/h1-4,6,8-10,17H,5,7,11-15H2/t17-/m1/s1. The van der Waals surface area contributed by atoms with Crippen LogP contribution in [-0.2, 0) is 17.8 Å². The van der Waals surface area contributed by atoms with E-state index in [-0.39, 0.29) is 11.9 Å². The summed E-state index contributed by atoms with van der Waals surface area (Å²) in [6.45, 7) is 3.75. The van der Waals surface area contributed by atoms with Crippen LogP contribution in [0.3, 0.4) is 0 Å². The molecular formula is C20H23N3O3. The van der Waals surface area contributed by atoms with Gasteiger partial charge >= 0.3 is 5.76 Å². The molecule has 1 aromatic carbocycles. The highest BCUT2D eigenvalue weighted by Crippen LogP contribution is 2.16. The maximum absolute atomic E-state index is 12.2. The molecule has 0 spiro atoms. The predicted octanol–water partition coefficient (Wildman–Crippen LogP) is 2.67. The van der Waals surface area contributed by atoms with Gasteiger partial charge in [-0.25, -0.2) is 4.79 Å². The van der Waals surface area contributed by atoms with Crippen molar-refractivity contribution in [3.63, 3.8) is 0 Å².